The number of anilines is 2. The highest BCUT2D eigenvalue weighted by Gasteiger charge is 2.42. The fourth-order valence-corrected chi connectivity index (χ4v) is 4.82. The van der Waals surface area contributed by atoms with E-state index in [4.69, 9.17) is 12.2 Å². The molecule has 3 aromatic heterocycles. The van der Waals surface area contributed by atoms with E-state index in [1.54, 1.807) is 12.4 Å². The minimum atomic E-state index is -0.164. The smallest absolute Gasteiger partial charge is 0.224 e. The lowest BCUT2D eigenvalue weighted by molar-refractivity contribution is -0.115. The van der Waals surface area contributed by atoms with Crippen molar-refractivity contribution >= 4 is 34.6 Å². The predicted octanol–water partition coefficient (Wildman–Crippen LogP) is 5.10. The van der Waals surface area contributed by atoms with Crippen LogP contribution in [0.3, 0.4) is 0 Å². The first-order chi connectivity index (χ1) is 17.1. The second-order valence-electron chi connectivity index (χ2n) is 8.41. The van der Waals surface area contributed by atoms with E-state index in [1.807, 2.05) is 74.8 Å². The summed E-state index contributed by atoms with van der Waals surface area (Å²) >= 11 is 5.87. The molecule has 1 aliphatic rings. The first kappa shape index (κ1) is 22.7. The standard InChI is InChI=1S/C27H26N6OS/c1-3-24(34)30-21-12-11-19(16-18(21)2)33-26(25(31-27(33)35)22-9-4-5-14-29-22)23-10-7-15-32(23)20-8-6-13-28-17-20/h4-17,25-26H,3H2,1-2H3,(H,30,34)(H,31,35)/t25-,26+/m1/s1. The van der Waals surface area contributed by atoms with Gasteiger partial charge in [-0.3, -0.25) is 14.8 Å². The minimum Gasteiger partial charge on any atom is -0.351 e. The molecule has 0 aliphatic carbocycles. The molecule has 1 aliphatic heterocycles. The van der Waals surface area contributed by atoms with Gasteiger partial charge in [-0.15, -0.1) is 0 Å². The number of amides is 1. The molecule has 0 bridgehead atoms. The first-order valence-corrected chi connectivity index (χ1v) is 12.0. The lowest BCUT2D eigenvalue weighted by Crippen LogP contribution is -2.30. The summed E-state index contributed by atoms with van der Waals surface area (Å²) in [5.74, 6) is -0.0124. The highest BCUT2D eigenvalue weighted by atomic mass is 32.1. The van der Waals surface area contributed by atoms with Crippen LogP contribution in [0.5, 0.6) is 0 Å². The number of hydrogen-bond donors (Lipinski definition) is 2. The molecule has 1 saturated heterocycles. The molecule has 0 spiro atoms. The number of carbonyl (C=O) groups is 1. The lowest BCUT2D eigenvalue weighted by Gasteiger charge is -2.29. The molecule has 0 saturated carbocycles. The molecule has 2 N–H and O–H groups in total. The van der Waals surface area contributed by atoms with Crippen molar-refractivity contribution in [2.75, 3.05) is 10.2 Å². The van der Waals surface area contributed by atoms with Crippen molar-refractivity contribution in [3.8, 4) is 5.69 Å². The summed E-state index contributed by atoms with van der Waals surface area (Å²) in [6, 6.07) is 19.7. The topological polar surface area (TPSA) is 75.1 Å². The average Bonchev–Trinajstić information content (AvgIpc) is 3.50. The summed E-state index contributed by atoms with van der Waals surface area (Å²) in [5.41, 5.74) is 5.65. The normalized spacial score (nSPS) is 17.3. The van der Waals surface area contributed by atoms with Gasteiger partial charge < -0.3 is 20.1 Å². The maximum atomic E-state index is 11.9. The van der Waals surface area contributed by atoms with Gasteiger partial charge in [-0.1, -0.05) is 13.0 Å². The lowest BCUT2D eigenvalue weighted by atomic mass is 10.0. The molecule has 0 radical (unpaired) electrons. The molecule has 1 fully saturated rings. The second kappa shape index (κ2) is 9.68. The Balaban J connectivity index is 1.61. The monoisotopic (exact) mass is 482 g/mol. The molecule has 8 heteroatoms. The maximum Gasteiger partial charge on any atom is 0.224 e. The van der Waals surface area contributed by atoms with E-state index in [9.17, 15) is 4.79 Å². The fourth-order valence-electron chi connectivity index (χ4n) is 4.48. The number of hydrogen-bond acceptors (Lipinski definition) is 4. The molecule has 2 atom stereocenters. The predicted molar refractivity (Wildman–Crippen MR) is 142 cm³/mol. The highest BCUT2D eigenvalue weighted by Crippen LogP contribution is 2.42. The largest absolute Gasteiger partial charge is 0.351 e. The van der Waals surface area contributed by atoms with Crippen LogP contribution in [0.25, 0.3) is 5.69 Å². The second-order valence-corrected chi connectivity index (χ2v) is 8.80. The third-order valence-corrected chi connectivity index (χ3v) is 6.50. The molecule has 4 heterocycles. The zero-order valence-electron chi connectivity index (χ0n) is 19.6. The van der Waals surface area contributed by atoms with Crippen LogP contribution in [0.15, 0.2) is 85.5 Å². The number of aromatic nitrogens is 3. The maximum absolute atomic E-state index is 11.9. The zero-order chi connectivity index (χ0) is 24.4. The molecule has 7 nitrogen and oxygen atoms in total. The molecular formula is C27H26N6OS. The molecule has 35 heavy (non-hydrogen) atoms. The van der Waals surface area contributed by atoms with Crippen molar-refractivity contribution in [2.24, 2.45) is 0 Å². The van der Waals surface area contributed by atoms with Crippen LogP contribution in [0.1, 0.15) is 42.4 Å². The average molecular weight is 483 g/mol. The third-order valence-electron chi connectivity index (χ3n) is 6.19. The number of carbonyl (C=O) groups excluding carboxylic acids is 1. The van der Waals surface area contributed by atoms with Gasteiger partial charge in [-0.2, -0.15) is 0 Å². The highest BCUT2D eigenvalue weighted by molar-refractivity contribution is 7.80. The van der Waals surface area contributed by atoms with Gasteiger partial charge in [0, 0.05) is 42.1 Å². The van der Waals surface area contributed by atoms with Crippen LogP contribution in [0.2, 0.25) is 0 Å². The molecule has 0 unspecified atom stereocenters. The number of nitrogens with one attached hydrogen (secondary N) is 2. The van der Waals surface area contributed by atoms with Crippen molar-refractivity contribution in [2.45, 2.75) is 32.4 Å². The van der Waals surface area contributed by atoms with E-state index in [0.29, 0.717) is 11.5 Å². The van der Waals surface area contributed by atoms with E-state index in [-0.39, 0.29) is 18.0 Å². The summed E-state index contributed by atoms with van der Waals surface area (Å²) in [4.78, 5) is 23.0. The van der Waals surface area contributed by atoms with Gasteiger partial charge in [-0.05, 0) is 79.3 Å². The van der Waals surface area contributed by atoms with Crippen LogP contribution in [0.4, 0.5) is 11.4 Å². The van der Waals surface area contributed by atoms with Crippen molar-refractivity contribution < 1.29 is 4.79 Å². The minimum absolute atomic E-state index is 0.0124. The number of rotatable bonds is 6. The third kappa shape index (κ3) is 4.40. The van der Waals surface area contributed by atoms with E-state index in [0.717, 1.165) is 34.0 Å². The van der Waals surface area contributed by atoms with E-state index in [1.165, 1.54) is 0 Å². The quantitative estimate of drug-likeness (QED) is 0.373. The van der Waals surface area contributed by atoms with Crippen LogP contribution in [-0.2, 0) is 4.79 Å². The van der Waals surface area contributed by atoms with Gasteiger partial charge in [0.05, 0.1) is 23.6 Å². The summed E-state index contributed by atoms with van der Waals surface area (Å²) in [6.45, 7) is 3.83. The Hall–Kier alpha value is -4.04. The van der Waals surface area contributed by atoms with Gasteiger partial charge in [0.2, 0.25) is 5.91 Å². The SMILES string of the molecule is CCC(=O)Nc1ccc(N2C(=S)N[C@H](c3ccccn3)[C@@H]2c2cccn2-c2cccnc2)cc1C. The van der Waals surface area contributed by atoms with Crippen LogP contribution < -0.4 is 15.5 Å². The van der Waals surface area contributed by atoms with Crippen molar-refractivity contribution in [1.82, 2.24) is 19.9 Å². The number of nitrogens with zero attached hydrogens (tertiary/aromatic N) is 4. The molecule has 5 rings (SSSR count). The van der Waals surface area contributed by atoms with Gasteiger partial charge in [0.15, 0.2) is 5.11 Å². The summed E-state index contributed by atoms with van der Waals surface area (Å²) < 4.78 is 2.14. The van der Waals surface area contributed by atoms with Crippen molar-refractivity contribution in [3.05, 3.63) is 102 Å². The van der Waals surface area contributed by atoms with Gasteiger partial charge in [0.25, 0.3) is 0 Å². The Bertz CT molecular complexity index is 1350. The Morgan fingerprint density at radius 1 is 1.09 bits per heavy atom. The van der Waals surface area contributed by atoms with Crippen molar-refractivity contribution in [3.63, 3.8) is 0 Å². The number of thiocarbonyl (C=S) groups is 1. The molecular weight excluding hydrogens is 456 g/mol. The van der Waals surface area contributed by atoms with Crippen LogP contribution in [-0.4, -0.2) is 25.6 Å². The van der Waals surface area contributed by atoms with E-state index in [2.05, 4.69) is 42.2 Å². The zero-order valence-corrected chi connectivity index (χ0v) is 20.4. The van der Waals surface area contributed by atoms with Gasteiger partial charge in [0.1, 0.15) is 6.04 Å². The first-order valence-electron chi connectivity index (χ1n) is 11.6. The Labute approximate surface area is 209 Å². The van der Waals surface area contributed by atoms with Crippen LogP contribution in [0, 0.1) is 6.92 Å². The Kier molecular flexibility index (Phi) is 6.29. The Morgan fingerprint density at radius 3 is 2.69 bits per heavy atom. The molecule has 1 amide bonds. The van der Waals surface area contributed by atoms with Crippen molar-refractivity contribution in [1.29, 1.82) is 0 Å². The molecule has 176 valence electrons. The molecule has 1 aromatic carbocycles. The number of aryl methyl sites for hydroxylation is 1. The fraction of sp³-hybridized carbons (Fsp3) is 0.185. The van der Waals surface area contributed by atoms with Gasteiger partial charge >= 0.3 is 0 Å². The van der Waals surface area contributed by atoms with E-state index < -0.39 is 0 Å². The summed E-state index contributed by atoms with van der Waals surface area (Å²) in [5, 5.41) is 7.09. The Morgan fingerprint density at radius 2 is 1.97 bits per heavy atom. The van der Waals surface area contributed by atoms with Crippen LogP contribution >= 0.6 is 12.2 Å². The van der Waals surface area contributed by atoms with E-state index >= 15 is 0 Å². The van der Waals surface area contributed by atoms with Gasteiger partial charge in [-0.25, -0.2) is 0 Å². The number of benzene rings is 1. The number of pyridine rings is 2. The summed E-state index contributed by atoms with van der Waals surface area (Å²) in [6.07, 6.45) is 7.88. The molecule has 4 aromatic rings. The summed E-state index contributed by atoms with van der Waals surface area (Å²) in [7, 11) is 0.